The largest absolute Gasteiger partial charge is 0.480 e. The lowest BCUT2D eigenvalue weighted by Gasteiger charge is -2.28. The number of rotatable bonds is 15. The number of amides is 3. The summed E-state index contributed by atoms with van der Waals surface area (Å²) in [6, 6.07) is -4.51. The van der Waals surface area contributed by atoms with Gasteiger partial charge in [0.05, 0.1) is 12.1 Å². The van der Waals surface area contributed by atoms with Crippen LogP contribution in [-0.4, -0.2) is 76.5 Å². The predicted molar refractivity (Wildman–Crippen MR) is 119 cm³/mol. The number of carboxylic acid groups (broad SMARTS) is 1. The highest BCUT2D eigenvalue weighted by Gasteiger charge is 2.34. The van der Waals surface area contributed by atoms with Crippen molar-refractivity contribution in [3.8, 4) is 0 Å². The van der Waals surface area contributed by atoms with Gasteiger partial charge in [-0.1, -0.05) is 20.3 Å². The van der Waals surface area contributed by atoms with Crippen LogP contribution < -0.4 is 27.4 Å². The number of carbonyl (C=O) groups excluding carboxylic acids is 3. The third-order valence-corrected chi connectivity index (χ3v) is 5.34. The van der Waals surface area contributed by atoms with Gasteiger partial charge in [-0.25, -0.2) is 4.79 Å². The summed E-state index contributed by atoms with van der Waals surface area (Å²) in [4.78, 5) is 49.0. The first-order valence-corrected chi connectivity index (χ1v) is 11.0. The van der Waals surface area contributed by atoms with Crippen LogP contribution in [-0.2, 0) is 19.2 Å². The Hall–Kier alpha value is -1.89. The van der Waals surface area contributed by atoms with Crippen molar-refractivity contribution in [2.75, 3.05) is 12.3 Å². The van der Waals surface area contributed by atoms with Gasteiger partial charge in [0.2, 0.25) is 17.7 Å². The number of hydrogen-bond acceptors (Lipinski definition) is 8. The average molecular weight is 464 g/mol. The molecule has 0 aromatic heterocycles. The van der Waals surface area contributed by atoms with Crippen LogP contribution in [0.3, 0.4) is 0 Å². The molecular formula is C19H37N5O6S. The van der Waals surface area contributed by atoms with Gasteiger partial charge in [0.25, 0.3) is 0 Å². The molecule has 0 bridgehead atoms. The van der Waals surface area contributed by atoms with Gasteiger partial charge in [-0.2, -0.15) is 12.6 Å². The maximum absolute atomic E-state index is 12.8. The van der Waals surface area contributed by atoms with Gasteiger partial charge >= 0.3 is 5.97 Å². The second-order valence-corrected chi connectivity index (χ2v) is 7.94. The smallest absolute Gasteiger partial charge is 0.326 e. The molecule has 31 heavy (non-hydrogen) atoms. The fraction of sp³-hybridized carbons (Fsp3) is 0.789. The Balaban J connectivity index is 5.36. The zero-order valence-electron chi connectivity index (χ0n) is 18.3. The maximum Gasteiger partial charge on any atom is 0.326 e. The molecule has 11 nitrogen and oxygen atoms in total. The molecule has 0 fully saturated rings. The van der Waals surface area contributed by atoms with E-state index >= 15 is 0 Å². The van der Waals surface area contributed by atoms with E-state index in [0.717, 1.165) is 0 Å². The highest BCUT2D eigenvalue weighted by Crippen LogP contribution is 2.10. The first kappa shape index (κ1) is 29.1. The van der Waals surface area contributed by atoms with Crippen molar-refractivity contribution in [2.45, 2.75) is 76.7 Å². The van der Waals surface area contributed by atoms with Gasteiger partial charge in [-0.3, -0.25) is 14.4 Å². The van der Waals surface area contributed by atoms with Gasteiger partial charge < -0.3 is 37.6 Å². The number of nitrogens with one attached hydrogen (secondary N) is 3. The fourth-order valence-electron chi connectivity index (χ4n) is 2.71. The summed E-state index contributed by atoms with van der Waals surface area (Å²) in [7, 11) is 0. The van der Waals surface area contributed by atoms with E-state index in [-0.39, 0.29) is 18.1 Å². The van der Waals surface area contributed by atoms with Crippen molar-refractivity contribution in [2.24, 2.45) is 17.4 Å². The van der Waals surface area contributed by atoms with E-state index in [0.29, 0.717) is 25.8 Å². The normalized spacial score (nSPS) is 16.9. The first-order chi connectivity index (χ1) is 14.5. The number of aliphatic carboxylic acids is 1. The molecule has 3 amide bonds. The molecule has 0 aromatic carbocycles. The predicted octanol–water partition coefficient (Wildman–Crippen LogP) is -1.66. The summed E-state index contributed by atoms with van der Waals surface area (Å²) in [6.45, 7) is 5.26. The van der Waals surface area contributed by atoms with Crippen LogP contribution in [0.15, 0.2) is 0 Å². The molecule has 0 radical (unpaired) electrons. The molecule has 0 saturated heterocycles. The van der Waals surface area contributed by atoms with Crippen LogP contribution in [0.5, 0.6) is 0 Å². The number of hydrogen-bond donors (Lipinski definition) is 8. The fourth-order valence-corrected chi connectivity index (χ4v) is 2.87. The van der Waals surface area contributed by atoms with Crippen molar-refractivity contribution in [3.63, 3.8) is 0 Å². The van der Waals surface area contributed by atoms with Crippen LogP contribution in [0, 0.1) is 5.92 Å². The zero-order valence-corrected chi connectivity index (χ0v) is 19.2. The Bertz CT molecular complexity index is 606. The third kappa shape index (κ3) is 10.3. The van der Waals surface area contributed by atoms with E-state index in [2.05, 4.69) is 28.6 Å². The van der Waals surface area contributed by atoms with E-state index in [4.69, 9.17) is 11.5 Å². The van der Waals surface area contributed by atoms with E-state index in [1.54, 1.807) is 6.92 Å². The molecule has 180 valence electrons. The molecule has 12 heteroatoms. The standard InChI is InChI=1S/C19H37N5O6S/c1-4-10(2)14(23-16(26)12(21)9-31)17(27)24-15(11(3)25)18(28)22-13(19(29)30)7-5-6-8-20/h10-15,25,31H,4-9,20-21H2,1-3H3,(H,22,28)(H,23,26)(H,24,27)(H,29,30). The van der Waals surface area contributed by atoms with Crippen LogP contribution in [0.2, 0.25) is 0 Å². The molecule has 9 N–H and O–H groups in total. The van der Waals surface area contributed by atoms with Crippen LogP contribution in [0.1, 0.15) is 46.5 Å². The topological polar surface area (TPSA) is 197 Å². The lowest BCUT2D eigenvalue weighted by atomic mass is 9.97. The molecule has 0 aliphatic heterocycles. The highest BCUT2D eigenvalue weighted by atomic mass is 32.1. The van der Waals surface area contributed by atoms with E-state index in [9.17, 15) is 29.4 Å². The summed E-state index contributed by atoms with van der Waals surface area (Å²) in [5.74, 6) is -3.54. The quantitative estimate of drug-likeness (QED) is 0.104. The van der Waals surface area contributed by atoms with Crippen molar-refractivity contribution in [1.29, 1.82) is 0 Å². The van der Waals surface area contributed by atoms with Gasteiger partial charge in [-0.15, -0.1) is 0 Å². The third-order valence-electron chi connectivity index (χ3n) is 4.95. The molecule has 0 rings (SSSR count). The molecule has 0 saturated carbocycles. The Morgan fingerprint density at radius 3 is 1.97 bits per heavy atom. The van der Waals surface area contributed by atoms with Crippen molar-refractivity contribution in [3.05, 3.63) is 0 Å². The molecule has 0 aromatic rings. The Labute approximate surface area is 188 Å². The van der Waals surface area contributed by atoms with Crippen LogP contribution in [0.4, 0.5) is 0 Å². The Morgan fingerprint density at radius 1 is 0.968 bits per heavy atom. The first-order valence-electron chi connectivity index (χ1n) is 10.4. The van der Waals surface area contributed by atoms with E-state index in [1.165, 1.54) is 6.92 Å². The molecular weight excluding hydrogens is 426 g/mol. The maximum atomic E-state index is 12.8. The van der Waals surface area contributed by atoms with Crippen molar-refractivity contribution in [1.82, 2.24) is 16.0 Å². The van der Waals surface area contributed by atoms with Gasteiger partial charge in [0.15, 0.2) is 0 Å². The number of unbranched alkanes of at least 4 members (excludes halogenated alkanes) is 1. The molecule has 0 aliphatic carbocycles. The minimum atomic E-state index is -1.41. The lowest BCUT2D eigenvalue weighted by Crippen LogP contribution is -2.61. The van der Waals surface area contributed by atoms with Gasteiger partial charge in [0, 0.05) is 5.75 Å². The number of carbonyl (C=O) groups is 4. The second kappa shape index (κ2) is 15.0. The Morgan fingerprint density at radius 2 is 1.52 bits per heavy atom. The van der Waals surface area contributed by atoms with E-state index in [1.807, 2.05) is 6.92 Å². The minimum Gasteiger partial charge on any atom is -0.480 e. The van der Waals surface area contributed by atoms with E-state index < -0.39 is 54.0 Å². The monoisotopic (exact) mass is 463 g/mol. The number of carboxylic acids is 1. The van der Waals surface area contributed by atoms with Crippen molar-refractivity contribution >= 4 is 36.3 Å². The van der Waals surface area contributed by atoms with Crippen LogP contribution in [0.25, 0.3) is 0 Å². The number of aliphatic hydroxyl groups is 1. The Kier molecular flexibility index (Phi) is 14.1. The average Bonchev–Trinajstić information content (AvgIpc) is 2.72. The van der Waals surface area contributed by atoms with Crippen LogP contribution >= 0.6 is 12.6 Å². The minimum absolute atomic E-state index is 0.0834. The SMILES string of the molecule is CCC(C)C(NC(=O)C(N)CS)C(=O)NC(C(=O)NC(CCCCN)C(=O)O)C(C)O. The second-order valence-electron chi connectivity index (χ2n) is 7.57. The number of nitrogens with two attached hydrogens (primary N) is 2. The molecule has 0 spiro atoms. The molecule has 6 atom stereocenters. The summed E-state index contributed by atoms with van der Waals surface area (Å²) in [5.41, 5.74) is 11.1. The summed E-state index contributed by atoms with van der Waals surface area (Å²) in [5, 5.41) is 26.7. The van der Waals surface area contributed by atoms with Crippen molar-refractivity contribution < 1.29 is 29.4 Å². The lowest BCUT2D eigenvalue weighted by molar-refractivity contribution is -0.143. The molecule has 0 aliphatic rings. The number of aliphatic hydroxyl groups excluding tert-OH is 1. The van der Waals surface area contributed by atoms with Gasteiger partial charge in [-0.05, 0) is 38.6 Å². The highest BCUT2D eigenvalue weighted by molar-refractivity contribution is 7.80. The summed E-state index contributed by atoms with van der Waals surface area (Å²) >= 11 is 3.96. The van der Waals surface area contributed by atoms with Gasteiger partial charge in [0.1, 0.15) is 18.1 Å². The molecule has 6 unspecified atom stereocenters. The summed E-state index contributed by atoms with van der Waals surface area (Å²) < 4.78 is 0. The number of thiol groups is 1. The summed E-state index contributed by atoms with van der Waals surface area (Å²) in [6.07, 6.45) is 0.484. The zero-order chi connectivity index (χ0) is 24.1. The molecule has 0 heterocycles.